The Balaban J connectivity index is 2.47. The second-order valence-corrected chi connectivity index (χ2v) is 6.47. The number of carbonyl (C=O) groups is 1. The smallest absolute Gasteiger partial charge is 0.326 e. The number of halogens is 1. The zero-order chi connectivity index (χ0) is 16.9. The fourth-order valence-electron chi connectivity index (χ4n) is 1.99. The van der Waals surface area contributed by atoms with Crippen LogP contribution in [0.3, 0.4) is 0 Å². The topological polar surface area (TPSA) is 63.7 Å². The van der Waals surface area contributed by atoms with Crippen LogP contribution in [0.15, 0.2) is 59.5 Å². The standard InChI is InChI=1S/C16H16FNO4S/c1-2-22-16(19)12-18(14-8-6-7-13(17)11-14)23(20,21)15-9-4-3-5-10-15/h3-11H,2,12H2,1H3. The van der Waals surface area contributed by atoms with Crippen LogP contribution in [-0.2, 0) is 19.6 Å². The number of carbonyl (C=O) groups excluding carboxylic acids is 1. The van der Waals surface area contributed by atoms with E-state index in [1.54, 1.807) is 25.1 Å². The molecule has 2 rings (SSSR count). The van der Waals surface area contributed by atoms with Gasteiger partial charge in [0.15, 0.2) is 0 Å². The van der Waals surface area contributed by atoms with Gasteiger partial charge in [-0.2, -0.15) is 0 Å². The maximum absolute atomic E-state index is 13.5. The summed E-state index contributed by atoms with van der Waals surface area (Å²) in [7, 11) is -4.02. The first-order valence-electron chi connectivity index (χ1n) is 6.94. The van der Waals surface area contributed by atoms with Gasteiger partial charge >= 0.3 is 5.97 Å². The molecule has 0 spiro atoms. The minimum Gasteiger partial charge on any atom is -0.465 e. The third-order valence-corrected chi connectivity index (χ3v) is 4.79. The molecule has 0 aliphatic rings. The molecule has 0 saturated carbocycles. The largest absolute Gasteiger partial charge is 0.465 e. The first-order valence-corrected chi connectivity index (χ1v) is 8.38. The second kappa shape index (κ2) is 7.23. The van der Waals surface area contributed by atoms with E-state index in [0.29, 0.717) is 0 Å². The number of nitrogens with zero attached hydrogens (tertiary/aromatic N) is 1. The Morgan fingerprint density at radius 3 is 2.43 bits per heavy atom. The maximum atomic E-state index is 13.5. The van der Waals surface area contributed by atoms with Crippen molar-refractivity contribution in [3.8, 4) is 0 Å². The number of hydrogen-bond donors (Lipinski definition) is 0. The highest BCUT2D eigenvalue weighted by Crippen LogP contribution is 2.24. The first-order chi connectivity index (χ1) is 10.9. The Kier molecular flexibility index (Phi) is 5.33. The molecule has 2 aromatic carbocycles. The molecule has 0 unspecified atom stereocenters. The van der Waals surface area contributed by atoms with Gasteiger partial charge in [0.2, 0.25) is 0 Å². The van der Waals surface area contributed by atoms with Gasteiger partial charge in [0, 0.05) is 0 Å². The molecule has 0 fully saturated rings. The van der Waals surface area contributed by atoms with Gasteiger partial charge in [-0.15, -0.1) is 0 Å². The highest BCUT2D eigenvalue weighted by atomic mass is 32.2. The Bertz CT molecular complexity index is 778. The van der Waals surface area contributed by atoms with E-state index in [4.69, 9.17) is 4.74 Å². The van der Waals surface area contributed by atoms with Crippen LogP contribution in [0.5, 0.6) is 0 Å². The Hall–Kier alpha value is -2.41. The number of sulfonamides is 1. The van der Waals surface area contributed by atoms with Crippen molar-refractivity contribution in [3.63, 3.8) is 0 Å². The van der Waals surface area contributed by atoms with Gasteiger partial charge in [-0.3, -0.25) is 9.10 Å². The summed E-state index contributed by atoms with van der Waals surface area (Å²) < 4.78 is 44.7. The summed E-state index contributed by atoms with van der Waals surface area (Å²) in [5.74, 6) is -1.31. The minimum absolute atomic E-state index is 0.00793. The molecule has 7 heteroatoms. The highest BCUT2D eigenvalue weighted by Gasteiger charge is 2.27. The molecule has 0 N–H and O–H groups in total. The van der Waals surface area contributed by atoms with Crippen molar-refractivity contribution in [1.29, 1.82) is 0 Å². The lowest BCUT2D eigenvalue weighted by Crippen LogP contribution is -2.36. The lowest BCUT2D eigenvalue weighted by Gasteiger charge is -2.23. The maximum Gasteiger partial charge on any atom is 0.326 e. The van der Waals surface area contributed by atoms with Crippen LogP contribution in [-0.4, -0.2) is 27.5 Å². The predicted molar refractivity (Wildman–Crippen MR) is 84.0 cm³/mol. The van der Waals surface area contributed by atoms with E-state index in [-0.39, 0.29) is 17.2 Å². The molecule has 0 aromatic heterocycles. The Labute approximate surface area is 134 Å². The monoisotopic (exact) mass is 337 g/mol. The zero-order valence-corrected chi connectivity index (χ0v) is 13.3. The van der Waals surface area contributed by atoms with Crippen molar-refractivity contribution in [2.24, 2.45) is 0 Å². The molecule has 23 heavy (non-hydrogen) atoms. The number of rotatable bonds is 6. The van der Waals surface area contributed by atoms with E-state index in [0.717, 1.165) is 10.4 Å². The van der Waals surface area contributed by atoms with Crippen LogP contribution in [0, 0.1) is 5.82 Å². The van der Waals surface area contributed by atoms with E-state index < -0.39 is 28.4 Å². The van der Waals surface area contributed by atoms with Crippen molar-refractivity contribution in [2.75, 3.05) is 17.5 Å². The van der Waals surface area contributed by atoms with Gasteiger partial charge < -0.3 is 4.74 Å². The summed E-state index contributed by atoms with van der Waals surface area (Å²) in [6.45, 7) is 1.21. The number of ether oxygens (including phenoxy) is 1. The average molecular weight is 337 g/mol. The third-order valence-electron chi connectivity index (χ3n) is 3.01. The van der Waals surface area contributed by atoms with Gasteiger partial charge in [-0.05, 0) is 37.3 Å². The first kappa shape index (κ1) is 17.0. The summed E-state index contributed by atoms with van der Waals surface area (Å²) in [6, 6.07) is 12.7. The van der Waals surface area contributed by atoms with Crippen molar-refractivity contribution < 1.29 is 22.3 Å². The van der Waals surface area contributed by atoms with Gasteiger partial charge in [0.25, 0.3) is 10.0 Å². The molecule has 0 amide bonds. The van der Waals surface area contributed by atoms with Crippen LogP contribution in [0.1, 0.15) is 6.92 Å². The van der Waals surface area contributed by atoms with Crippen LogP contribution >= 0.6 is 0 Å². The fourth-order valence-corrected chi connectivity index (χ4v) is 3.41. The van der Waals surface area contributed by atoms with Crippen molar-refractivity contribution >= 4 is 21.7 Å². The molecule has 0 aliphatic carbocycles. The normalized spacial score (nSPS) is 11.0. The second-order valence-electron chi connectivity index (χ2n) is 4.61. The number of hydrogen-bond acceptors (Lipinski definition) is 4. The highest BCUT2D eigenvalue weighted by molar-refractivity contribution is 7.92. The summed E-state index contributed by atoms with van der Waals surface area (Å²) in [5, 5.41) is 0. The lowest BCUT2D eigenvalue weighted by molar-refractivity contribution is -0.141. The zero-order valence-electron chi connectivity index (χ0n) is 12.5. The summed E-state index contributed by atoms with van der Waals surface area (Å²) in [5.41, 5.74) is 0.0573. The average Bonchev–Trinajstić information content (AvgIpc) is 2.53. The lowest BCUT2D eigenvalue weighted by atomic mass is 10.3. The molecule has 0 radical (unpaired) electrons. The van der Waals surface area contributed by atoms with E-state index in [9.17, 15) is 17.6 Å². The molecule has 2 aromatic rings. The van der Waals surface area contributed by atoms with Gasteiger partial charge in [-0.25, -0.2) is 12.8 Å². The molecule has 122 valence electrons. The predicted octanol–water partition coefficient (Wildman–Crippen LogP) is 2.58. The van der Waals surface area contributed by atoms with Gasteiger partial charge in [-0.1, -0.05) is 24.3 Å². The van der Waals surface area contributed by atoms with Gasteiger partial charge in [0.1, 0.15) is 12.4 Å². The van der Waals surface area contributed by atoms with Crippen LogP contribution < -0.4 is 4.31 Å². The molecular formula is C16H16FNO4S. The van der Waals surface area contributed by atoms with Crippen LogP contribution in [0.4, 0.5) is 10.1 Å². The van der Waals surface area contributed by atoms with E-state index in [1.165, 1.54) is 30.3 Å². The molecule has 5 nitrogen and oxygen atoms in total. The summed E-state index contributed by atoms with van der Waals surface area (Å²) in [6.07, 6.45) is 0. The van der Waals surface area contributed by atoms with Crippen molar-refractivity contribution in [2.45, 2.75) is 11.8 Å². The quantitative estimate of drug-likeness (QED) is 0.760. The molecule has 0 heterocycles. The molecule has 0 saturated heterocycles. The van der Waals surface area contributed by atoms with Crippen molar-refractivity contribution in [1.82, 2.24) is 0 Å². The van der Waals surface area contributed by atoms with Crippen LogP contribution in [0.2, 0.25) is 0 Å². The molecule has 0 bridgehead atoms. The van der Waals surface area contributed by atoms with Crippen molar-refractivity contribution in [3.05, 3.63) is 60.4 Å². The number of benzene rings is 2. The number of anilines is 1. The van der Waals surface area contributed by atoms with E-state index in [2.05, 4.69) is 0 Å². The molecule has 0 atom stereocenters. The third kappa shape index (κ3) is 4.07. The van der Waals surface area contributed by atoms with Gasteiger partial charge in [0.05, 0.1) is 17.2 Å². The number of esters is 1. The minimum atomic E-state index is -4.02. The Morgan fingerprint density at radius 1 is 1.13 bits per heavy atom. The fraction of sp³-hybridized carbons (Fsp3) is 0.188. The summed E-state index contributed by atoms with van der Waals surface area (Å²) in [4.78, 5) is 11.8. The van der Waals surface area contributed by atoms with E-state index in [1.807, 2.05) is 0 Å². The molecule has 0 aliphatic heterocycles. The SMILES string of the molecule is CCOC(=O)CN(c1cccc(F)c1)S(=O)(=O)c1ccccc1. The Morgan fingerprint density at radius 2 is 1.83 bits per heavy atom. The van der Waals surface area contributed by atoms with Crippen LogP contribution in [0.25, 0.3) is 0 Å². The molecular weight excluding hydrogens is 321 g/mol. The summed E-state index contributed by atoms with van der Waals surface area (Å²) >= 11 is 0. The van der Waals surface area contributed by atoms with E-state index >= 15 is 0 Å².